The van der Waals surface area contributed by atoms with E-state index in [4.69, 9.17) is 11.6 Å². The van der Waals surface area contributed by atoms with Crippen LogP contribution in [-0.2, 0) is 0 Å². The largest absolute Gasteiger partial charge is 0.340 e. The van der Waals surface area contributed by atoms with Crippen molar-refractivity contribution in [1.82, 2.24) is 15.1 Å². The van der Waals surface area contributed by atoms with Crippen molar-refractivity contribution in [2.45, 2.75) is 6.04 Å². The van der Waals surface area contributed by atoms with Gasteiger partial charge in [0.15, 0.2) is 0 Å². The van der Waals surface area contributed by atoms with Gasteiger partial charge in [-0.1, -0.05) is 54.1 Å². The van der Waals surface area contributed by atoms with Crippen LogP contribution in [0.1, 0.15) is 27.7 Å². The van der Waals surface area contributed by atoms with Gasteiger partial charge in [0.05, 0.1) is 11.7 Å². The van der Waals surface area contributed by atoms with Crippen molar-refractivity contribution >= 4 is 17.5 Å². The van der Waals surface area contributed by atoms with E-state index < -0.39 is 23.3 Å². The van der Waals surface area contributed by atoms with Gasteiger partial charge in [-0.05, 0) is 53.6 Å². The molecule has 0 aliphatic rings. The van der Waals surface area contributed by atoms with Crippen LogP contribution in [0.5, 0.6) is 0 Å². The molecule has 1 amide bonds. The summed E-state index contributed by atoms with van der Waals surface area (Å²) in [5.74, 6) is -0.890. The molecule has 0 spiro atoms. The quantitative estimate of drug-likeness (QED) is 0.502. The van der Waals surface area contributed by atoms with Gasteiger partial charge in [0.2, 0.25) is 0 Å². The Morgan fingerprint density at radius 2 is 1.52 bits per heavy atom. The number of rotatable bonds is 5. The number of nitrogens with zero attached hydrogens (tertiary/aromatic N) is 2. The average molecular weight is 434 g/mol. The number of carbonyl (C=O) groups excluding carboxylic acids is 1. The summed E-state index contributed by atoms with van der Waals surface area (Å²) < 4.78 is 14.3. The maximum absolute atomic E-state index is 13.2. The van der Waals surface area contributed by atoms with Crippen LogP contribution in [0.3, 0.4) is 0 Å². The van der Waals surface area contributed by atoms with Gasteiger partial charge in [-0.25, -0.2) is 4.39 Å². The van der Waals surface area contributed by atoms with E-state index in [0.717, 1.165) is 15.8 Å². The van der Waals surface area contributed by atoms with Gasteiger partial charge in [-0.15, -0.1) is 0 Å². The molecule has 1 aromatic heterocycles. The third-order valence-corrected chi connectivity index (χ3v) is 4.97. The van der Waals surface area contributed by atoms with Crippen molar-refractivity contribution in [3.8, 4) is 5.69 Å². The fourth-order valence-corrected chi connectivity index (χ4v) is 3.29. The Hall–Kier alpha value is -3.77. The highest BCUT2D eigenvalue weighted by Gasteiger charge is 2.19. The number of benzene rings is 3. The smallest absolute Gasteiger partial charge is 0.272 e. The Labute approximate surface area is 182 Å². The van der Waals surface area contributed by atoms with Gasteiger partial charge in [0.25, 0.3) is 11.5 Å². The van der Waals surface area contributed by atoms with Crippen molar-refractivity contribution in [3.63, 3.8) is 0 Å². The molecule has 7 heteroatoms. The first-order valence-corrected chi connectivity index (χ1v) is 9.87. The van der Waals surface area contributed by atoms with Crippen LogP contribution < -0.4 is 10.9 Å². The van der Waals surface area contributed by atoms with Gasteiger partial charge < -0.3 is 5.32 Å². The minimum Gasteiger partial charge on any atom is -0.340 e. The van der Waals surface area contributed by atoms with Crippen LogP contribution in [0.15, 0.2) is 95.8 Å². The fourth-order valence-electron chi connectivity index (χ4n) is 3.16. The molecule has 3 aromatic carbocycles. The molecule has 1 atom stereocenters. The van der Waals surface area contributed by atoms with Crippen molar-refractivity contribution in [3.05, 3.63) is 129 Å². The number of hydrogen-bond acceptors (Lipinski definition) is 3. The highest BCUT2D eigenvalue weighted by Crippen LogP contribution is 2.24. The van der Waals surface area contributed by atoms with Crippen molar-refractivity contribution in [1.29, 1.82) is 0 Å². The monoisotopic (exact) mass is 433 g/mol. The molecule has 1 heterocycles. The van der Waals surface area contributed by atoms with Crippen LogP contribution >= 0.6 is 11.6 Å². The standard InChI is InChI=1S/C24H17ClFN3O2/c25-18-8-6-17(7-9-18)23(16-4-2-1-3-5-16)27-24(31)21-14-15-22(30)29(28-21)20-12-10-19(26)11-13-20/h1-15,23H,(H,27,31). The summed E-state index contributed by atoms with van der Waals surface area (Å²) in [5.41, 5.74) is 1.71. The number of halogens is 2. The number of hydrogen-bond donors (Lipinski definition) is 1. The zero-order valence-electron chi connectivity index (χ0n) is 16.2. The topological polar surface area (TPSA) is 64.0 Å². The molecule has 0 aliphatic carbocycles. The molecule has 0 fully saturated rings. The molecule has 0 saturated heterocycles. The molecule has 0 aliphatic heterocycles. The van der Waals surface area contributed by atoms with E-state index in [2.05, 4.69) is 10.4 Å². The lowest BCUT2D eigenvalue weighted by molar-refractivity contribution is 0.0936. The Bertz CT molecular complexity index is 1260. The second-order valence-corrected chi connectivity index (χ2v) is 7.25. The maximum Gasteiger partial charge on any atom is 0.272 e. The predicted molar refractivity (Wildman–Crippen MR) is 117 cm³/mol. The van der Waals surface area contributed by atoms with Gasteiger partial charge in [-0.3, -0.25) is 9.59 Å². The molecular formula is C24H17ClFN3O2. The van der Waals surface area contributed by atoms with Crippen LogP contribution in [0.4, 0.5) is 4.39 Å². The molecule has 4 rings (SSSR count). The van der Waals surface area contributed by atoms with Crippen molar-refractivity contribution in [2.24, 2.45) is 0 Å². The SMILES string of the molecule is O=C(NC(c1ccccc1)c1ccc(Cl)cc1)c1ccc(=O)n(-c2ccc(F)cc2)n1. The van der Waals surface area contributed by atoms with Gasteiger partial charge in [0.1, 0.15) is 11.5 Å². The zero-order valence-corrected chi connectivity index (χ0v) is 17.0. The average Bonchev–Trinajstić information content (AvgIpc) is 2.79. The molecule has 31 heavy (non-hydrogen) atoms. The molecule has 0 bridgehead atoms. The molecule has 1 N–H and O–H groups in total. The van der Waals surface area contributed by atoms with Crippen molar-refractivity contribution in [2.75, 3.05) is 0 Å². The van der Waals surface area contributed by atoms with Crippen LogP contribution in [0.25, 0.3) is 5.69 Å². The lowest BCUT2D eigenvalue weighted by Gasteiger charge is -2.20. The van der Waals surface area contributed by atoms with E-state index in [1.54, 1.807) is 12.1 Å². The zero-order chi connectivity index (χ0) is 21.8. The Morgan fingerprint density at radius 1 is 0.871 bits per heavy atom. The summed E-state index contributed by atoms with van der Waals surface area (Å²) in [6, 6.07) is 24.1. The Morgan fingerprint density at radius 3 is 2.19 bits per heavy atom. The lowest BCUT2D eigenvalue weighted by Crippen LogP contribution is -2.32. The summed E-state index contributed by atoms with van der Waals surface area (Å²) in [4.78, 5) is 25.3. The first-order valence-electron chi connectivity index (χ1n) is 9.49. The van der Waals surface area contributed by atoms with E-state index in [-0.39, 0.29) is 5.69 Å². The first-order chi connectivity index (χ1) is 15.0. The number of nitrogens with one attached hydrogen (secondary N) is 1. The molecule has 0 radical (unpaired) electrons. The van der Waals surface area contributed by atoms with Gasteiger partial charge in [-0.2, -0.15) is 9.78 Å². The summed E-state index contributed by atoms with van der Waals surface area (Å²) in [6.45, 7) is 0. The molecule has 0 saturated carbocycles. The third kappa shape index (κ3) is 4.70. The Balaban J connectivity index is 1.67. The molecule has 154 valence electrons. The second-order valence-electron chi connectivity index (χ2n) is 6.81. The summed E-state index contributed by atoms with van der Waals surface area (Å²) in [7, 11) is 0. The maximum atomic E-state index is 13.2. The van der Waals surface area contributed by atoms with Crippen LogP contribution in [0.2, 0.25) is 5.02 Å². The number of aromatic nitrogens is 2. The highest BCUT2D eigenvalue weighted by atomic mass is 35.5. The van der Waals surface area contributed by atoms with Crippen LogP contribution in [0, 0.1) is 5.82 Å². The summed E-state index contributed by atoms with van der Waals surface area (Å²) >= 11 is 6.01. The Kier molecular flexibility index (Phi) is 5.91. The highest BCUT2D eigenvalue weighted by molar-refractivity contribution is 6.30. The van der Waals surface area contributed by atoms with E-state index in [0.29, 0.717) is 10.7 Å². The van der Waals surface area contributed by atoms with E-state index >= 15 is 0 Å². The summed E-state index contributed by atoms with van der Waals surface area (Å²) in [6.07, 6.45) is 0. The van der Waals surface area contributed by atoms with E-state index in [1.807, 2.05) is 42.5 Å². The molecule has 4 aromatic rings. The molecule has 1 unspecified atom stereocenters. The minimum absolute atomic E-state index is 0.0545. The second kappa shape index (κ2) is 8.93. The van der Waals surface area contributed by atoms with Crippen LogP contribution in [-0.4, -0.2) is 15.7 Å². The van der Waals surface area contributed by atoms with E-state index in [9.17, 15) is 14.0 Å². The lowest BCUT2D eigenvalue weighted by atomic mass is 9.98. The minimum atomic E-state index is -0.459. The molecular weight excluding hydrogens is 417 g/mol. The van der Waals surface area contributed by atoms with Gasteiger partial charge >= 0.3 is 0 Å². The molecule has 5 nitrogen and oxygen atoms in total. The van der Waals surface area contributed by atoms with Crippen molar-refractivity contribution < 1.29 is 9.18 Å². The predicted octanol–water partition coefficient (Wildman–Crippen LogP) is 4.54. The fraction of sp³-hybridized carbons (Fsp3) is 0.0417. The first kappa shape index (κ1) is 20.5. The number of carbonyl (C=O) groups is 1. The third-order valence-electron chi connectivity index (χ3n) is 4.72. The normalized spacial score (nSPS) is 11.7. The summed E-state index contributed by atoms with van der Waals surface area (Å²) in [5, 5.41) is 7.74. The number of amides is 1. The van der Waals surface area contributed by atoms with E-state index in [1.165, 1.54) is 36.4 Å². The van der Waals surface area contributed by atoms with Gasteiger partial charge in [0, 0.05) is 11.1 Å².